The predicted molar refractivity (Wildman–Crippen MR) is 255 cm³/mol. The van der Waals surface area contributed by atoms with Crippen molar-refractivity contribution in [1.29, 1.82) is 0 Å². The van der Waals surface area contributed by atoms with Crippen LogP contribution in [0.2, 0.25) is 0 Å². The zero-order valence-electron chi connectivity index (χ0n) is 36.4. The number of aryl methyl sites for hydroxylation is 12. The first-order valence-corrected chi connectivity index (χ1v) is 21.0. The molecule has 2 nitrogen and oxygen atoms in total. The minimum absolute atomic E-state index is 0.0498. The molecule has 286 valence electrons. The van der Waals surface area contributed by atoms with Crippen LogP contribution in [0.25, 0.3) is 0 Å². The minimum Gasteiger partial charge on any atom is -0.311 e. The Kier molecular flexibility index (Phi) is 9.12. The van der Waals surface area contributed by atoms with Crippen molar-refractivity contribution in [1.82, 2.24) is 0 Å². The van der Waals surface area contributed by atoms with Gasteiger partial charge in [0.2, 0.25) is 13.4 Å². The third kappa shape index (κ3) is 5.86. The summed E-state index contributed by atoms with van der Waals surface area (Å²) in [6.45, 7) is 27.4. The maximum Gasteiger partial charge on any atom is 0.247 e. The summed E-state index contributed by atoms with van der Waals surface area (Å²) in [6, 6.07) is 42.6. The van der Waals surface area contributed by atoms with E-state index in [1.165, 1.54) is 134 Å². The van der Waals surface area contributed by atoms with Crippen LogP contribution in [0.4, 0.5) is 34.1 Å². The van der Waals surface area contributed by atoms with Gasteiger partial charge >= 0.3 is 0 Å². The molecule has 0 spiro atoms. The highest BCUT2D eigenvalue weighted by molar-refractivity contribution is 7.01. The summed E-state index contributed by atoms with van der Waals surface area (Å²) in [5.74, 6) is 0. The number of benzene rings is 7. The van der Waals surface area contributed by atoms with E-state index < -0.39 is 0 Å². The van der Waals surface area contributed by atoms with Crippen molar-refractivity contribution in [2.75, 3.05) is 9.80 Å². The van der Waals surface area contributed by atoms with E-state index in [9.17, 15) is 0 Å². The average Bonchev–Trinajstić information content (AvgIpc) is 3.14. The molecule has 58 heavy (non-hydrogen) atoms. The molecule has 2 aliphatic heterocycles. The normalized spacial score (nSPS) is 13.0. The van der Waals surface area contributed by atoms with E-state index in [0.717, 1.165) is 0 Å². The Labute approximate surface area is 347 Å². The largest absolute Gasteiger partial charge is 0.311 e. The van der Waals surface area contributed by atoms with Gasteiger partial charge in [0.15, 0.2) is 0 Å². The number of fused-ring (bicyclic) bond motifs is 4. The van der Waals surface area contributed by atoms with Crippen LogP contribution in [0.15, 0.2) is 109 Å². The van der Waals surface area contributed by atoms with E-state index in [1.807, 2.05) is 0 Å². The molecular formula is C54H54B2N2. The molecule has 7 aromatic carbocycles. The molecule has 0 saturated carbocycles. The lowest BCUT2D eigenvalue weighted by Crippen LogP contribution is -2.63. The van der Waals surface area contributed by atoms with Crippen molar-refractivity contribution in [3.63, 3.8) is 0 Å². The predicted octanol–water partition coefficient (Wildman–Crippen LogP) is 9.99. The highest BCUT2D eigenvalue weighted by atomic mass is 15.2. The molecule has 0 aromatic heterocycles. The summed E-state index contributed by atoms with van der Waals surface area (Å²) in [7, 11) is 0. The van der Waals surface area contributed by atoms with Crippen LogP contribution >= 0.6 is 0 Å². The van der Waals surface area contributed by atoms with Crippen molar-refractivity contribution in [2.45, 2.75) is 83.1 Å². The van der Waals surface area contributed by atoms with Gasteiger partial charge in [0.1, 0.15) is 0 Å². The van der Waals surface area contributed by atoms with E-state index in [0.29, 0.717) is 0 Å². The second kappa shape index (κ2) is 14.0. The molecule has 2 aliphatic rings. The Morgan fingerprint density at radius 1 is 0.293 bits per heavy atom. The summed E-state index contributed by atoms with van der Waals surface area (Å²) < 4.78 is 0. The SMILES string of the molecule is Cc1cc(C)c(B2c3ccccc3N(c3c(C)cc(C)cc3C)c3cc4c(cc32)B(c2c(C)cc(C)cc2C)c2ccccc2N4c2c(C)cc(C)cc2C)c(C)c1. The summed E-state index contributed by atoms with van der Waals surface area (Å²) in [5, 5.41) is 0. The second-order valence-electron chi connectivity index (χ2n) is 17.7. The second-order valence-corrected chi connectivity index (χ2v) is 17.7. The fraction of sp³-hybridized carbons (Fsp3) is 0.222. The van der Waals surface area contributed by atoms with Gasteiger partial charge < -0.3 is 9.80 Å². The topological polar surface area (TPSA) is 6.48 Å². The van der Waals surface area contributed by atoms with Crippen LogP contribution < -0.4 is 42.6 Å². The van der Waals surface area contributed by atoms with Crippen molar-refractivity contribution in [3.8, 4) is 0 Å². The van der Waals surface area contributed by atoms with Crippen LogP contribution in [-0.4, -0.2) is 13.4 Å². The van der Waals surface area contributed by atoms with Gasteiger partial charge in [-0.3, -0.25) is 0 Å². The van der Waals surface area contributed by atoms with Gasteiger partial charge in [0.25, 0.3) is 0 Å². The lowest BCUT2D eigenvalue weighted by atomic mass is 9.30. The molecule has 0 fully saturated rings. The first-order valence-electron chi connectivity index (χ1n) is 21.0. The molecule has 0 aliphatic carbocycles. The molecule has 4 heteroatoms. The fourth-order valence-corrected chi connectivity index (χ4v) is 11.4. The van der Waals surface area contributed by atoms with Crippen LogP contribution in [0.1, 0.15) is 66.8 Å². The van der Waals surface area contributed by atoms with Gasteiger partial charge in [-0.25, -0.2) is 0 Å². The van der Waals surface area contributed by atoms with Crippen molar-refractivity contribution in [3.05, 3.63) is 176 Å². The third-order valence-electron chi connectivity index (χ3n) is 13.0. The van der Waals surface area contributed by atoms with Crippen LogP contribution in [-0.2, 0) is 0 Å². The van der Waals surface area contributed by atoms with E-state index in [4.69, 9.17) is 0 Å². The minimum atomic E-state index is 0.0498. The summed E-state index contributed by atoms with van der Waals surface area (Å²) in [6.07, 6.45) is 0. The maximum atomic E-state index is 2.64. The van der Waals surface area contributed by atoms with E-state index >= 15 is 0 Å². The third-order valence-corrected chi connectivity index (χ3v) is 13.0. The fourth-order valence-electron chi connectivity index (χ4n) is 11.4. The lowest BCUT2D eigenvalue weighted by molar-refractivity contribution is 1.19. The Bertz CT molecular complexity index is 2370. The van der Waals surface area contributed by atoms with Crippen molar-refractivity contribution in [2.24, 2.45) is 0 Å². The summed E-state index contributed by atoms with van der Waals surface area (Å²) >= 11 is 0. The highest BCUT2D eigenvalue weighted by Crippen LogP contribution is 2.45. The van der Waals surface area contributed by atoms with Gasteiger partial charge in [0.05, 0.1) is 11.4 Å². The van der Waals surface area contributed by atoms with Crippen molar-refractivity contribution < 1.29 is 0 Å². The number of rotatable bonds is 4. The monoisotopic (exact) mass is 752 g/mol. The molecule has 0 unspecified atom stereocenters. The van der Waals surface area contributed by atoms with E-state index in [-0.39, 0.29) is 13.4 Å². The Hall–Kier alpha value is -5.73. The van der Waals surface area contributed by atoms with Crippen LogP contribution in [0.3, 0.4) is 0 Å². The molecule has 0 N–H and O–H groups in total. The molecule has 7 aromatic rings. The molecule has 0 atom stereocenters. The average molecular weight is 753 g/mol. The quantitative estimate of drug-likeness (QED) is 0.165. The molecule has 0 bridgehead atoms. The maximum absolute atomic E-state index is 2.64. The standard InChI is InChI=1S/C54H54B2N2/c1-31-21-35(5)51(36(6)22-31)55-43-17-13-15-19-47(43)57(53-39(9)25-33(3)26-40(53)10)49-30-50-46(29-45(49)55)56(52-37(7)23-32(2)24-38(52)8)44-18-14-16-20-48(44)58(50)54-41(11)27-34(4)28-42(54)12/h13-30H,1-12H3. The molecule has 0 amide bonds. The van der Waals surface area contributed by atoms with E-state index in [1.54, 1.807) is 0 Å². The van der Waals surface area contributed by atoms with Crippen LogP contribution in [0, 0.1) is 83.1 Å². The van der Waals surface area contributed by atoms with Gasteiger partial charge in [0, 0.05) is 22.7 Å². The first kappa shape index (κ1) is 37.8. The molecule has 9 rings (SSSR count). The van der Waals surface area contributed by atoms with Gasteiger partial charge in [-0.1, -0.05) is 146 Å². The zero-order chi connectivity index (χ0) is 40.9. The number of nitrogens with zero attached hydrogens (tertiary/aromatic N) is 2. The molecule has 0 saturated heterocycles. The van der Waals surface area contributed by atoms with Crippen LogP contribution in [0.5, 0.6) is 0 Å². The first-order chi connectivity index (χ1) is 27.7. The highest BCUT2D eigenvalue weighted by Gasteiger charge is 2.43. The molecule has 0 radical (unpaired) electrons. The van der Waals surface area contributed by atoms with Crippen molar-refractivity contribution >= 4 is 80.3 Å². The molecule has 2 heterocycles. The summed E-state index contributed by atoms with van der Waals surface area (Å²) in [4.78, 5) is 5.21. The zero-order valence-corrected chi connectivity index (χ0v) is 36.4. The Morgan fingerprint density at radius 3 is 0.914 bits per heavy atom. The van der Waals surface area contributed by atoms with Gasteiger partial charge in [-0.15, -0.1) is 0 Å². The smallest absolute Gasteiger partial charge is 0.247 e. The van der Waals surface area contributed by atoms with Gasteiger partial charge in [-0.05, 0) is 145 Å². The lowest BCUT2D eigenvalue weighted by Gasteiger charge is -2.43. The number of para-hydroxylation sites is 2. The Morgan fingerprint density at radius 2 is 0.586 bits per heavy atom. The number of hydrogen-bond donors (Lipinski definition) is 0. The summed E-state index contributed by atoms with van der Waals surface area (Å²) in [5.41, 5.74) is 31.5. The van der Waals surface area contributed by atoms with Gasteiger partial charge in [-0.2, -0.15) is 0 Å². The number of hydrogen-bond acceptors (Lipinski definition) is 2. The molecular weight excluding hydrogens is 698 g/mol. The Balaban J connectivity index is 1.47. The number of anilines is 6. The van der Waals surface area contributed by atoms with E-state index in [2.05, 4.69) is 202 Å².